The number of azo groups is 1. The smallest absolute Gasteiger partial charge is 0.229 e. The Balaban J connectivity index is 2.74. The fraction of sp³-hybridized carbons (Fsp3) is 0.375. The number of aromatic nitrogens is 1. The fourth-order valence-corrected chi connectivity index (χ4v) is 1.28. The third-order valence-corrected chi connectivity index (χ3v) is 2.10. The van der Waals surface area contributed by atoms with Gasteiger partial charge in [0.2, 0.25) is 5.13 Å². The highest BCUT2D eigenvalue weighted by Gasteiger charge is 2.18. The van der Waals surface area contributed by atoms with Gasteiger partial charge in [-0.3, -0.25) is 9.59 Å². The van der Waals surface area contributed by atoms with Crippen LogP contribution in [0.2, 0.25) is 0 Å². The van der Waals surface area contributed by atoms with E-state index >= 15 is 0 Å². The summed E-state index contributed by atoms with van der Waals surface area (Å²) in [5.74, 6) is -0.615. The van der Waals surface area contributed by atoms with Gasteiger partial charge in [-0.05, 0) is 13.8 Å². The largest absolute Gasteiger partial charge is 0.297 e. The first-order chi connectivity index (χ1) is 6.61. The van der Waals surface area contributed by atoms with Crippen molar-refractivity contribution in [1.82, 2.24) is 4.98 Å². The van der Waals surface area contributed by atoms with E-state index in [0.717, 1.165) is 0 Å². The van der Waals surface area contributed by atoms with E-state index in [0.29, 0.717) is 5.13 Å². The molecule has 14 heavy (non-hydrogen) atoms. The predicted molar refractivity (Wildman–Crippen MR) is 51.8 cm³/mol. The summed E-state index contributed by atoms with van der Waals surface area (Å²) in [6.45, 7) is 2.62. The number of ketones is 2. The van der Waals surface area contributed by atoms with Crippen molar-refractivity contribution in [2.24, 2.45) is 10.2 Å². The standard InChI is InChI=1S/C8H9N3O2S/c1-5(12)7(6(2)13)10-11-8-9-3-4-14-8/h3-4,7H,1-2H3. The highest BCUT2D eigenvalue weighted by atomic mass is 32.1. The minimum Gasteiger partial charge on any atom is -0.297 e. The molecule has 0 aromatic carbocycles. The molecule has 0 saturated carbocycles. The Morgan fingerprint density at radius 2 is 2.07 bits per heavy atom. The Hall–Kier alpha value is -1.43. The molecule has 0 bridgehead atoms. The third-order valence-electron chi connectivity index (χ3n) is 1.45. The van der Waals surface area contributed by atoms with Crippen molar-refractivity contribution in [3.05, 3.63) is 11.6 Å². The molecule has 0 aliphatic heterocycles. The van der Waals surface area contributed by atoms with E-state index in [9.17, 15) is 9.59 Å². The van der Waals surface area contributed by atoms with E-state index in [1.165, 1.54) is 25.2 Å². The van der Waals surface area contributed by atoms with Crippen LogP contribution in [0.4, 0.5) is 5.13 Å². The van der Waals surface area contributed by atoms with Crippen molar-refractivity contribution >= 4 is 28.0 Å². The summed E-state index contributed by atoms with van der Waals surface area (Å²) in [5, 5.41) is 9.52. The molecule has 0 spiro atoms. The van der Waals surface area contributed by atoms with Gasteiger partial charge >= 0.3 is 0 Å². The van der Waals surface area contributed by atoms with Gasteiger partial charge in [-0.2, -0.15) is 5.11 Å². The number of hydrogen-bond acceptors (Lipinski definition) is 6. The molecule has 74 valence electrons. The molecule has 1 aromatic heterocycles. The number of thiazole rings is 1. The molecule has 0 N–H and O–H groups in total. The molecule has 0 atom stereocenters. The van der Waals surface area contributed by atoms with Crippen LogP contribution in [0.3, 0.4) is 0 Å². The van der Waals surface area contributed by atoms with Gasteiger partial charge in [0.05, 0.1) is 0 Å². The van der Waals surface area contributed by atoms with Crippen LogP contribution >= 0.6 is 11.3 Å². The lowest BCUT2D eigenvalue weighted by atomic mass is 10.1. The normalized spacial score (nSPS) is 11.1. The Morgan fingerprint density at radius 3 is 2.50 bits per heavy atom. The van der Waals surface area contributed by atoms with Crippen LogP contribution < -0.4 is 0 Å². The Bertz CT molecular complexity index is 345. The summed E-state index contributed by atoms with van der Waals surface area (Å²) < 4.78 is 0. The van der Waals surface area contributed by atoms with Gasteiger partial charge in [0.25, 0.3) is 0 Å². The van der Waals surface area contributed by atoms with E-state index in [1.807, 2.05) is 0 Å². The van der Waals surface area contributed by atoms with Crippen LogP contribution in [-0.2, 0) is 9.59 Å². The maximum atomic E-state index is 11.0. The second-order valence-electron chi connectivity index (χ2n) is 2.65. The van der Waals surface area contributed by atoms with Crippen LogP contribution in [0, 0.1) is 0 Å². The van der Waals surface area contributed by atoms with E-state index in [-0.39, 0.29) is 11.6 Å². The van der Waals surface area contributed by atoms with E-state index < -0.39 is 6.04 Å². The molecule has 0 amide bonds. The first-order valence-electron chi connectivity index (χ1n) is 3.92. The monoisotopic (exact) mass is 211 g/mol. The average Bonchev–Trinajstić information content (AvgIpc) is 2.55. The molecular weight excluding hydrogens is 202 g/mol. The molecule has 1 aromatic rings. The lowest BCUT2D eigenvalue weighted by molar-refractivity contribution is -0.126. The molecule has 1 heterocycles. The summed E-state index contributed by atoms with van der Waals surface area (Å²) in [4.78, 5) is 25.7. The quantitative estimate of drug-likeness (QED) is 0.562. The van der Waals surface area contributed by atoms with Crippen LogP contribution in [0.15, 0.2) is 21.8 Å². The van der Waals surface area contributed by atoms with Gasteiger partial charge in [0, 0.05) is 11.6 Å². The second-order valence-corrected chi connectivity index (χ2v) is 3.53. The maximum absolute atomic E-state index is 11.0. The van der Waals surface area contributed by atoms with E-state index in [4.69, 9.17) is 0 Å². The highest BCUT2D eigenvalue weighted by molar-refractivity contribution is 7.13. The van der Waals surface area contributed by atoms with Gasteiger partial charge in [0.15, 0.2) is 17.6 Å². The number of carbonyl (C=O) groups is 2. The number of nitrogens with zero attached hydrogens (tertiary/aromatic N) is 3. The first-order valence-corrected chi connectivity index (χ1v) is 4.80. The van der Waals surface area contributed by atoms with E-state index in [1.54, 1.807) is 11.6 Å². The molecule has 0 unspecified atom stereocenters. The Kier molecular flexibility index (Phi) is 3.58. The number of carbonyl (C=O) groups excluding carboxylic acids is 2. The highest BCUT2D eigenvalue weighted by Crippen LogP contribution is 2.15. The summed E-state index contributed by atoms with van der Waals surface area (Å²) in [5.41, 5.74) is 0. The summed E-state index contributed by atoms with van der Waals surface area (Å²) in [7, 11) is 0. The maximum Gasteiger partial charge on any atom is 0.229 e. The number of Topliss-reactive ketones (excluding diaryl/α,β-unsaturated/α-hetero) is 2. The molecule has 1 rings (SSSR count). The minimum atomic E-state index is -0.987. The summed E-state index contributed by atoms with van der Waals surface area (Å²) in [6, 6.07) is -0.987. The van der Waals surface area contributed by atoms with Gasteiger partial charge in [-0.1, -0.05) is 0 Å². The second kappa shape index (κ2) is 4.71. The van der Waals surface area contributed by atoms with E-state index in [2.05, 4.69) is 15.2 Å². The van der Waals surface area contributed by atoms with Crippen LogP contribution in [0.1, 0.15) is 13.8 Å². The van der Waals surface area contributed by atoms with Crippen LogP contribution in [0.5, 0.6) is 0 Å². The van der Waals surface area contributed by atoms with Crippen LogP contribution in [0.25, 0.3) is 0 Å². The van der Waals surface area contributed by atoms with Crippen molar-refractivity contribution in [3.8, 4) is 0 Å². The predicted octanol–water partition coefficient (Wildman–Crippen LogP) is 1.77. The van der Waals surface area contributed by atoms with Gasteiger partial charge in [0.1, 0.15) is 0 Å². The molecule has 0 fully saturated rings. The first kappa shape index (κ1) is 10.6. The SMILES string of the molecule is CC(=O)C(N=Nc1nccs1)C(C)=O. The van der Waals surface area contributed by atoms with Gasteiger partial charge in [-0.25, -0.2) is 4.98 Å². The molecule has 6 heteroatoms. The van der Waals surface area contributed by atoms with Crippen molar-refractivity contribution in [3.63, 3.8) is 0 Å². The summed E-state index contributed by atoms with van der Waals surface area (Å²) >= 11 is 1.29. The lowest BCUT2D eigenvalue weighted by Gasteiger charge is -1.99. The molecule has 0 aliphatic carbocycles. The van der Waals surface area contributed by atoms with Crippen molar-refractivity contribution in [2.75, 3.05) is 0 Å². The van der Waals surface area contributed by atoms with Crippen LogP contribution in [-0.4, -0.2) is 22.6 Å². The molecular formula is C8H9N3O2S. The lowest BCUT2D eigenvalue weighted by Crippen LogP contribution is -2.23. The fourth-order valence-electron chi connectivity index (χ4n) is 0.821. The number of hydrogen-bond donors (Lipinski definition) is 0. The zero-order valence-electron chi connectivity index (χ0n) is 7.80. The zero-order chi connectivity index (χ0) is 10.6. The van der Waals surface area contributed by atoms with Crippen molar-refractivity contribution < 1.29 is 9.59 Å². The van der Waals surface area contributed by atoms with Gasteiger partial charge < -0.3 is 0 Å². The third kappa shape index (κ3) is 2.81. The van der Waals surface area contributed by atoms with Gasteiger partial charge in [-0.15, -0.1) is 16.5 Å². The molecule has 0 saturated heterocycles. The molecule has 0 radical (unpaired) electrons. The zero-order valence-corrected chi connectivity index (χ0v) is 8.61. The Labute approximate surface area is 84.9 Å². The molecule has 0 aliphatic rings. The van der Waals surface area contributed by atoms with Crippen molar-refractivity contribution in [2.45, 2.75) is 19.9 Å². The topological polar surface area (TPSA) is 71.8 Å². The number of rotatable bonds is 4. The van der Waals surface area contributed by atoms with Crippen molar-refractivity contribution in [1.29, 1.82) is 0 Å². The average molecular weight is 211 g/mol. The Morgan fingerprint density at radius 1 is 1.43 bits per heavy atom. The molecule has 5 nitrogen and oxygen atoms in total. The minimum absolute atomic E-state index is 0.308. The summed E-state index contributed by atoms with van der Waals surface area (Å²) in [6.07, 6.45) is 1.58.